The summed E-state index contributed by atoms with van der Waals surface area (Å²) in [6.45, 7) is -0.428. The van der Waals surface area contributed by atoms with Crippen LogP contribution in [0.2, 0.25) is 0 Å². The lowest BCUT2D eigenvalue weighted by molar-refractivity contribution is -0.167. The average Bonchev–Trinajstić information content (AvgIpc) is 2.91. The molecule has 0 atom stereocenters. The van der Waals surface area contributed by atoms with E-state index < -0.39 is 30.4 Å². The zero-order valence-corrected chi connectivity index (χ0v) is 13.9. The third-order valence-electron chi connectivity index (χ3n) is 3.71. The summed E-state index contributed by atoms with van der Waals surface area (Å²) in [7, 11) is 0. The molecule has 0 fully saturated rings. The van der Waals surface area contributed by atoms with E-state index in [0.29, 0.717) is 10.6 Å². The number of hydrogen-bond acceptors (Lipinski definition) is 5. The number of carbonyl (C=O) groups excluding carboxylic acids is 4. The monoisotopic (exact) mass is 371 g/mol. The first-order valence-electron chi connectivity index (χ1n) is 7.90. The Labute approximate surface area is 152 Å². The first-order valence-corrected chi connectivity index (χ1v) is 7.90. The molecule has 1 aliphatic rings. The Balaban J connectivity index is 1.46. The highest BCUT2D eigenvalue weighted by atomic mass is 19.1. The average molecular weight is 371 g/mol. The van der Waals surface area contributed by atoms with E-state index in [4.69, 9.17) is 4.84 Å². The van der Waals surface area contributed by atoms with Crippen LogP contribution in [-0.2, 0) is 16.2 Å². The van der Waals surface area contributed by atoms with Crippen LogP contribution in [0.4, 0.5) is 9.18 Å². The number of halogens is 1. The van der Waals surface area contributed by atoms with Gasteiger partial charge in [0.15, 0.2) is 0 Å². The van der Waals surface area contributed by atoms with Crippen molar-refractivity contribution in [3.05, 3.63) is 71.0 Å². The lowest BCUT2D eigenvalue weighted by atomic mass is 10.1. The second-order valence-electron chi connectivity index (χ2n) is 5.58. The van der Waals surface area contributed by atoms with E-state index in [1.807, 2.05) is 0 Å². The van der Waals surface area contributed by atoms with E-state index in [-0.39, 0.29) is 23.5 Å². The zero-order valence-electron chi connectivity index (χ0n) is 13.9. The van der Waals surface area contributed by atoms with Crippen LogP contribution < -0.4 is 10.6 Å². The summed E-state index contributed by atoms with van der Waals surface area (Å²) < 4.78 is 12.8. The second kappa shape index (κ2) is 7.65. The molecule has 1 heterocycles. The van der Waals surface area contributed by atoms with Crippen molar-refractivity contribution < 1.29 is 28.4 Å². The number of nitrogens with zero attached hydrogens (tertiary/aromatic N) is 1. The SMILES string of the molecule is O=C(NCC(=O)ON1C(=O)c2ccccc2C1=O)NCc1ccc(F)cc1. The van der Waals surface area contributed by atoms with E-state index in [0.717, 1.165) is 0 Å². The van der Waals surface area contributed by atoms with Gasteiger partial charge in [-0.15, -0.1) is 0 Å². The van der Waals surface area contributed by atoms with Crippen molar-refractivity contribution in [1.82, 2.24) is 15.7 Å². The standard InChI is InChI=1S/C18H14FN3O5/c19-12-7-5-11(6-8-12)9-20-18(26)21-10-15(23)27-22-16(24)13-3-1-2-4-14(13)17(22)25/h1-8H,9-10H2,(H2,20,21,26). The fraction of sp³-hybridized carbons (Fsp3) is 0.111. The molecule has 0 aromatic heterocycles. The Bertz CT molecular complexity index is 878. The number of nitrogens with one attached hydrogen (secondary N) is 2. The molecule has 3 rings (SSSR count). The summed E-state index contributed by atoms with van der Waals surface area (Å²) in [5.41, 5.74) is 0.945. The van der Waals surface area contributed by atoms with E-state index in [1.54, 1.807) is 12.1 Å². The van der Waals surface area contributed by atoms with Gasteiger partial charge >= 0.3 is 12.0 Å². The molecule has 0 bridgehead atoms. The topological polar surface area (TPSA) is 105 Å². The van der Waals surface area contributed by atoms with Gasteiger partial charge in [0.1, 0.15) is 12.4 Å². The van der Waals surface area contributed by atoms with Gasteiger partial charge in [0.05, 0.1) is 11.1 Å². The molecule has 4 amide bonds. The predicted molar refractivity (Wildman–Crippen MR) is 89.7 cm³/mol. The van der Waals surface area contributed by atoms with Gasteiger partial charge in [-0.2, -0.15) is 0 Å². The molecule has 0 aliphatic carbocycles. The number of benzene rings is 2. The summed E-state index contributed by atoms with van der Waals surface area (Å²) in [5.74, 6) is -2.87. The Kier molecular flexibility index (Phi) is 5.11. The minimum atomic E-state index is -0.985. The van der Waals surface area contributed by atoms with Gasteiger partial charge < -0.3 is 15.5 Å². The quantitative estimate of drug-likeness (QED) is 0.773. The number of hydrogen-bond donors (Lipinski definition) is 2. The highest BCUT2D eigenvalue weighted by Crippen LogP contribution is 2.22. The fourth-order valence-electron chi connectivity index (χ4n) is 2.38. The third-order valence-corrected chi connectivity index (χ3v) is 3.71. The number of amides is 4. The number of hydroxylamine groups is 2. The number of fused-ring (bicyclic) bond motifs is 1. The number of carbonyl (C=O) groups is 4. The molecule has 138 valence electrons. The summed E-state index contributed by atoms with van der Waals surface area (Å²) in [5, 5.41) is 5.08. The Morgan fingerprint density at radius 1 is 0.926 bits per heavy atom. The summed E-state index contributed by atoms with van der Waals surface area (Å²) in [6.07, 6.45) is 0. The van der Waals surface area contributed by atoms with Gasteiger partial charge in [0, 0.05) is 6.54 Å². The van der Waals surface area contributed by atoms with Gasteiger partial charge in [0.2, 0.25) is 0 Å². The molecule has 0 spiro atoms. The molecule has 2 aromatic carbocycles. The Hall–Kier alpha value is -3.75. The first kappa shape index (κ1) is 18.1. The van der Waals surface area contributed by atoms with E-state index in [2.05, 4.69) is 10.6 Å². The number of imide groups is 1. The maximum atomic E-state index is 12.8. The zero-order chi connectivity index (χ0) is 19.4. The van der Waals surface area contributed by atoms with Crippen LogP contribution in [0.3, 0.4) is 0 Å². The van der Waals surface area contributed by atoms with E-state index >= 15 is 0 Å². The van der Waals surface area contributed by atoms with Gasteiger partial charge in [-0.3, -0.25) is 9.59 Å². The largest absolute Gasteiger partial charge is 0.352 e. The fourth-order valence-corrected chi connectivity index (χ4v) is 2.38. The smallest absolute Gasteiger partial charge is 0.334 e. The highest BCUT2D eigenvalue weighted by molar-refractivity contribution is 6.20. The van der Waals surface area contributed by atoms with Gasteiger partial charge in [-0.05, 0) is 29.8 Å². The molecule has 1 aliphatic heterocycles. The maximum absolute atomic E-state index is 12.8. The Morgan fingerprint density at radius 2 is 1.52 bits per heavy atom. The van der Waals surface area contributed by atoms with Crippen molar-refractivity contribution in [2.75, 3.05) is 6.54 Å². The van der Waals surface area contributed by atoms with Crippen LogP contribution in [0.5, 0.6) is 0 Å². The van der Waals surface area contributed by atoms with E-state index in [9.17, 15) is 23.6 Å². The second-order valence-corrected chi connectivity index (χ2v) is 5.58. The maximum Gasteiger partial charge on any atom is 0.352 e. The van der Waals surface area contributed by atoms with Gasteiger partial charge in [-0.25, -0.2) is 14.0 Å². The van der Waals surface area contributed by atoms with Crippen molar-refractivity contribution in [3.63, 3.8) is 0 Å². The molecule has 8 nitrogen and oxygen atoms in total. The Morgan fingerprint density at radius 3 is 2.11 bits per heavy atom. The number of urea groups is 1. The molecule has 0 radical (unpaired) electrons. The minimum absolute atomic E-state index is 0.125. The van der Waals surface area contributed by atoms with Gasteiger partial charge in [-0.1, -0.05) is 29.3 Å². The summed E-state index contributed by atoms with van der Waals surface area (Å²) in [4.78, 5) is 52.4. The molecule has 27 heavy (non-hydrogen) atoms. The van der Waals surface area contributed by atoms with Crippen LogP contribution in [0.15, 0.2) is 48.5 Å². The van der Waals surface area contributed by atoms with Crippen molar-refractivity contribution in [2.45, 2.75) is 6.54 Å². The normalized spacial score (nSPS) is 12.6. The number of rotatable bonds is 5. The lowest BCUT2D eigenvalue weighted by Crippen LogP contribution is -2.41. The van der Waals surface area contributed by atoms with Crippen LogP contribution in [-0.4, -0.2) is 35.4 Å². The highest BCUT2D eigenvalue weighted by Gasteiger charge is 2.38. The molecule has 2 aromatic rings. The van der Waals surface area contributed by atoms with Crippen LogP contribution >= 0.6 is 0 Å². The summed E-state index contributed by atoms with van der Waals surface area (Å²) in [6, 6.07) is 10.9. The lowest BCUT2D eigenvalue weighted by Gasteiger charge is -2.13. The molecule has 0 saturated carbocycles. The molecular weight excluding hydrogens is 357 g/mol. The van der Waals surface area contributed by atoms with Gasteiger partial charge in [0.25, 0.3) is 11.8 Å². The molecular formula is C18H14FN3O5. The van der Waals surface area contributed by atoms with E-state index in [1.165, 1.54) is 36.4 Å². The van der Waals surface area contributed by atoms with Crippen molar-refractivity contribution in [1.29, 1.82) is 0 Å². The molecule has 0 unspecified atom stereocenters. The van der Waals surface area contributed by atoms with Crippen molar-refractivity contribution >= 4 is 23.8 Å². The van der Waals surface area contributed by atoms with Crippen LogP contribution in [0.1, 0.15) is 26.3 Å². The summed E-state index contributed by atoms with van der Waals surface area (Å²) >= 11 is 0. The predicted octanol–water partition coefficient (Wildman–Crippen LogP) is 1.38. The molecule has 9 heteroatoms. The minimum Gasteiger partial charge on any atom is -0.334 e. The van der Waals surface area contributed by atoms with Crippen LogP contribution in [0.25, 0.3) is 0 Å². The van der Waals surface area contributed by atoms with Crippen molar-refractivity contribution in [2.24, 2.45) is 0 Å². The molecule has 0 saturated heterocycles. The first-order chi connectivity index (χ1) is 13.0. The molecule has 2 N–H and O–H groups in total. The third kappa shape index (κ3) is 4.09. The van der Waals surface area contributed by atoms with Crippen molar-refractivity contribution in [3.8, 4) is 0 Å². The van der Waals surface area contributed by atoms with Crippen LogP contribution in [0, 0.1) is 5.82 Å².